The molecule has 0 amide bonds. The fourth-order valence-corrected chi connectivity index (χ4v) is 0.542. The third kappa shape index (κ3) is 1.10. The van der Waals surface area contributed by atoms with Crippen LogP contribution in [0.2, 0.25) is 5.15 Å². The minimum Gasteiger partial charge on any atom is -0.398 e. The van der Waals surface area contributed by atoms with Gasteiger partial charge >= 0.3 is 0 Å². The van der Waals surface area contributed by atoms with E-state index >= 15 is 0 Å². The van der Waals surface area contributed by atoms with Gasteiger partial charge in [0.2, 0.25) is 0 Å². The predicted molar refractivity (Wildman–Crippen MR) is 32.5 cm³/mol. The molecule has 1 aromatic rings. The monoisotopic (exact) mass is 127 g/mol. The summed E-state index contributed by atoms with van der Waals surface area (Å²) in [5.74, 6) is 0. The summed E-state index contributed by atoms with van der Waals surface area (Å²) in [6.45, 7) is 0. The highest BCUT2D eigenvalue weighted by Gasteiger charge is 1.86. The smallest absolute Gasteiger partial charge is 0.139 e. The number of nitrogens with two attached hydrogens (primary N) is 1. The molecule has 0 saturated carbocycles. The number of pyridine rings is 1. The quantitative estimate of drug-likeness (QED) is 0.531. The largest absolute Gasteiger partial charge is 0.398 e. The van der Waals surface area contributed by atoms with Gasteiger partial charge < -0.3 is 5.73 Å². The molecule has 0 aliphatic heterocycles. The highest BCUT2D eigenvalue weighted by Crippen LogP contribution is 2.05. The van der Waals surface area contributed by atoms with Crippen LogP contribution in [-0.2, 0) is 0 Å². The van der Waals surface area contributed by atoms with E-state index in [9.17, 15) is 0 Å². The molecule has 0 aliphatic rings. The van der Waals surface area contributed by atoms with Gasteiger partial charge in [-0.25, -0.2) is 4.98 Å². The van der Waals surface area contributed by atoms with Gasteiger partial charge in [-0.3, -0.25) is 0 Å². The molecule has 0 saturated heterocycles. The summed E-state index contributed by atoms with van der Waals surface area (Å²) in [4.78, 5) is 3.67. The average molecular weight is 128 g/mol. The third-order valence-electron chi connectivity index (χ3n) is 0.689. The maximum absolute atomic E-state index is 5.40. The Morgan fingerprint density at radius 1 is 1.75 bits per heavy atom. The van der Waals surface area contributed by atoms with Gasteiger partial charge in [-0.1, -0.05) is 11.6 Å². The van der Waals surface area contributed by atoms with Gasteiger partial charge in [0.1, 0.15) is 5.15 Å². The first-order valence-corrected chi connectivity index (χ1v) is 2.46. The maximum atomic E-state index is 5.40. The second kappa shape index (κ2) is 2.01. The standard InChI is InChI=1S/C5H4ClN2/c6-5-3-4(7)1-2-8-5/h1-2H,(H2,7,8). The first-order valence-electron chi connectivity index (χ1n) is 2.08. The number of anilines is 1. The van der Waals surface area contributed by atoms with Crippen molar-refractivity contribution in [2.24, 2.45) is 0 Å². The van der Waals surface area contributed by atoms with Crippen molar-refractivity contribution in [2.75, 3.05) is 5.73 Å². The molecule has 1 radical (unpaired) electrons. The Morgan fingerprint density at radius 2 is 2.50 bits per heavy atom. The second-order valence-corrected chi connectivity index (χ2v) is 1.67. The Bertz CT molecular complexity index is 170. The van der Waals surface area contributed by atoms with E-state index in [2.05, 4.69) is 11.1 Å². The van der Waals surface area contributed by atoms with E-state index in [0.29, 0.717) is 10.8 Å². The van der Waals surface area contributed by atoms with Gasteiger partial charge in [-0.05, 0) is 6.07 Å². The first kappa shape index (κ1) is 5.38. The molecular weight excluding hydrogens is 124 g/mol. The van der Waals surface area contributed by atoms with Crippen LogP contribution in [0, 0.1) is 6.07 Å². The lowest BCUT2D eigenvalue weighted by Gasteiger charge is -1.87. The lowest BCUT2D eigenvalue weighted by molar-refractivity contribution is 1.33. The zero-order valence-electron chi connectivity index (χ0n) is 4.06. The summed E-state index contributed by atoms with van der Waals surface area (Å²) < 4.78 is 0. The number of nitrogens with zero attached hydrogens (tertiary/aromatic N) is 1. The predicted octanol–water partition coefficient (Wildman–Crippen LogP) is 1.12. The van der Waals surface area contributed by atoms with Crippen LogP contribution in [0.1, 0.15) is 0 Å². The molecule has 1 aromatic heterocycles. The van der Waals surface area contributed by atoms with Gasteiger partial charge in [-0.2, -0.15) is 0 Å². The van der Waals surface area contributed by atoms with E-state index in [1.54, 1.807) is 6.07 Å². The molecule has 3 heteroatoms. The maximum Gasteiger partial charge on any atom is 0.139 e. The molecule has 0 fully saturated rings. The summed E-state index contributed by atoms with van der Waals surface area (Å²) in [6, 6.07) is 4.23. The van der Waals surface area contributed by atoms with Gasteiger partial charge in [0.25, 0.3) is 0 Å². The van der Waals surface area contributed by atoms with Gasteiger partial charge in [-0.15, -0.1) is 0 Å². The zero-order valence-corrected chi connectivity index (χ0v) is 4.81. The molecule has 0 bridgehead atoms. The van der Waals surface area contributed by atoms with E-state index in [-0.39, 0.29) is 0 Å². The van der Waals surface area contributed by atoms with Crippen molar-refractivity contribution in [2.45, 2.75) is 0 Å². The SMILES string of the molecule is Nc1[c]c(Cl)ncc1. The minimum atomic E-state index is 0.310. The Kier molecular flexibility index (Phi) is 1.35. The highest BCUT2D eigenvalue weighted by atomic mass is 35.5. The molecule has 0 aromatic carbocycles. The van der Waals surface area contributed by atoms with Crippen LogP contribution in [0.4, 0.5) is 5.69 Å². The van der Waals surface area contributed by atoms with E-state index < -0.39 is 0 Å². The van der Waals surface area contributed by atoms with Crippen molar-refractivity contribution in [3.05, 3.63) is 23.5 Å². The molecule has 0 unspecified atom stereocenters. The van der Waals surface area contributed by atoms with Crippen LogP contribution in [0.5, 0.6) is 0 Å². The number of nitrogen functional groups attached to an aromatic ring is 1. The summed E-state index contributed by atoms with van der Waals surface area (Å²) in [6.07, 6.45) is 1.54. The molecule has 1 rings (SSSR count). The zero-order chi connectivity index (χ0) is 5.98. The number of rotatable bonds is 0. The van der Waals surface area contributed by atoms with E-state index in [1.807, 2.05) is 0 Å². The molecule has 2 N–H and O–H groups in total. The van der Waals surface area contributed by atoms with Crippen LogP contribution < -0.4 is 5.73 Å². The Hall–Kier alpha value is -0.760. The molecule has 8 heavy (non-hydrogen) atoms. The van der Waals surface area contributed by atoms with Crippen molar-refractivity contribution >= 4 is 17.3 Å². The van der Waals surface area contributed by atoms with Crippen molar-refractivity contribution in [1.29, 1.82) is 0 Å². The first-order chi connectivity index (χ1) is 3.79. The van der Waals surface area contributed by atoms with Crippen LogP contribution in [0.25, 0.3) is 0 Å². The van der Waals surface area contributed by atoms with Crippen LogP contribution in [-0.4, -0.2) is 4.98 Å². The summed E-state index contributed by atoms with van der Waals surface area (Å²) in [5.41, 5.74) is 5.80. The van der Waals surface area contributed by atoms with E-state index in [0.717, 1.165) is 0 Å². The molecular formula is C5H4ClN2. The number of hydrogen-bond acceptors (Lipinski definition) is 2. The van der Waals surface area contributed by atoms with Gasteiger partial charge in [0.05, 0.1) is 0 Å². The number of halogens is 1. The topological polar surface area (TPSA) is 38.9 Å². The Labute approximate surface area is 52.3 Å². The minimum absolute atomic E-state index is 0.310. The number of aromatic nitrogens is 1. The van der Waals surface area contributed by atoms with Crippen molar-refractivity contribution in [3.8, 4) is 0 Å². The van der Waals surface area contributed by atoms with Crippen LogP contribution in [0.3, 0.4) is 0 Å². The fraction of sp³-hybridized carbons (Fsp3) is 0. The molecule has 0 spiro atoms. The number of hydrogen-bond donors (Lipinski definition) is 1. The van der Waals surface area contributed by atoms with E-state index in [4.69, 9.17) is 17.3 Å². The second-order valence-electron chi connectivity index (χ2n) is 1.32. The summed E-state index contributed by atoms with van der Waals surface area (Å²) >= 11 is 5.40. The lowest BCUT2D eigenvalue weighted by atomic mass is 10.4. The Balaban J connectivity index is 3.08. The highest BCUT2D eigenvalue weighted by molar-refractivity contribution is 6.29. The normalized spacial score (nSPS) is 9.12. The molecule has 0 atom stereocenters. The summed E-state index contributed by atoms with van der Waals surface area (Å²) in [5, 5.41) is 0.310. The Morgan fingerprint density at radius 3 is 2.88 bits per heavy atom. The van der Waals surface area contributed by atoms with Crippen molar-refractivity contribution in [1.82, 2.24) is 4.98 Å². The van der Waals surface area contributed by atoms with Crippen molar-refractivity contribution < 1.29 is 0 Å². The molecule has 2 nitrogen and oxygen atoms in total. The van der Waals surface area contributed by atoms with E-state index in [1.165, 1.54) is 6.20 Å². The molecule has 0 aliphatic carbocycles. The van der Waals surface area contributed by atoms with Crippen molar-refractivity contribution in [3.63, 3.8) is 0 Å². The lowest BCUT2D eigenvalue weighted by Crippen LogP contribution is -1.84. The van der Waals surface area contributed by atoms with Gasteiger partial charge in [0.15, 0.2) is 0 Å². The molecule has 41 valence electrons. The molecule has 1 heterocycles. The summed E-state index contributed by atoms with van der Waals surface area (Å²) in [7, 11) is 0. The van der Waals surface area contributed by atoms with Crippen LogP contribution >= 0.6 is 11.6 Å². The fourth-order valence-electron chi connectivity index (χ4n) is 0.376. The third-order valence-corrected chi connectivity index (χ3v) is 0.882. The van der Waals surface area contributed by atoms with Gasteiger partial charge in [0, 0.05) is 18.0 Å². The van der Waals surface area contributed by atoms with Crippen LogP contribution in [0.15, 0.2) is 12.3 Å². The average Bonchev–Trinajstić information content (AvgIpc) is 1.64.